The summed E-state index contributed by atoms with van der Waals surface area (Å²) in [6, 6.07) is 5.88. The van der Waals surface area contributed by atoms with Gasteiger partial charge in [0.25, 0.3) is 0 Å². The molecule has 0 aromatic heterocycles. The minimum absolute atomic E-state index is 0.0300. The fourth-order valence-corrected chi connectivity index (χ4v) is 1.58. The Morgan fingerprint density at radius 2 is 1.57 bits per heavy atom. The molecule has 6 heteroatoms. The van der Waals surface area contributed by atoms with E-state index in [1.165, 1.54) is 12.1 Å². The van der Waals surface area contributed by atoms with Crippen molar-refractivity contribution in [3.8, 4) is 0 Å². The molecule has 6 nitrogen and oxygen atoms in total. The Kier molecular flexibility index (Phi) is 6.94. The van der Waals surface area contributed by atoms with Gasteiger partial charge in [0.2, 0.25) is 0 Å². The number of hydrogen-bond donors (Lipinski definition) is 1. The molecule has 0 radical (unpaired) electrons. The van der Waals surface area contributed by atoms with Gasteiger partial charge in [0, 0.05) is 6.42 Å². The van der Waals surface area contributed by atoms with Gasteiger partial charge < -0.3 is 14.6 Å². The molecule has 21 heavy (non-hydrogen) atoms. The molecule has 0 heterocycles. The molecule has 0 aliphatic heterocycles. The maximum absolute atomic E-state index is 11.8. The quantitative estimate of drug-likeness (QED) is 0.584. The van der Waals surface area contributed by atoms with Crippen LogP contribution in [0.2, 0.25) is 0 Å². The van der Waals surface area contributed by atoms with E-state index >= 15 is 0 Å². The van der Waals surface area contributed by atoms with Gasteiger partial charge in [0.05, 0.1) is 24.3 Å². The Bertz CT molecular complexity index is 509. The highest BCUT2D eigenvalue weighted by Gasteiger charge is 2.16. The van der Waals surface area contributed by atoms with Gasteiger partial charge in [-0.3, -0.25) is 4.79 Å². The Morgan fingerprint density at radius 1 is 1.00 bits per heavy atom. The summed E-state index contributed by atoms with van der Waals surface area (Å²) in [4.78, 5) is 33.6. The summed E-state index contributed by atoms with van der Waals surface area (Å²) >= 11 is 0. The van der Waals surface area contributed by atoms with Gasteiger partial charge in [0.15, 0.2) is 0 Å². The zero-order chi connectivity index (χ0) is 15.7. The molecule has 0 bridgehead atoms. The number of aromatic carboxylic acids is 1. The van der Waals surface area contributed by atoms with Crippen molar-refractivity contribution in [3.63, 3.8) is 0 Å². The highest BCUT2D eigenvalue weighted by atomic mass is 16.5. The summed E-state index contributed by atoms with van der Waals surface area (Å²) in [6.45, 7) is 2.15. The molecule has 1 N–H and O–H groups in total. The van der Waals surface area contributed by atoms with Crippen molar-refractivity contribution in [3.05, 3.63) is 35.4 Å². The van der Waals surface area contributed by atoms with Gasteiger partial charge in [-0.25, -0.2) is 9.59 Å². The molecule has 0 spiro atoms. The summed E-state index contributed by atoms with van der Waals surface area (Å²) in [7, 11) is 0. The van der Waals surface area contributed by atoms with E-state index in [0.29, 0.717) is 19.3 Å². The lowest BCUT2D eigenvalue weighted by atomic mass is 10.1. The molecule has 0 fully saturated rings. The van der Waals surface area contributed by atoms with Crippen molar-refractivity contribution in [1.29, 1.82) is 0 Å². The van der Waals surface area contributed by atoms with Crippen molar-refractivity contribution in [2.24, 2.45) is 0 Å². The summed E-state index contributed by atoms with van der Waals surface area (Å²) in [6.07, 6.45) is 1.46. The molecule has 0 aliphatic carbocycles. The van der Waals surface area contributed by atoms with E-state index in [-0.39, 0.29) is 30.3 Å². The minimum atomic E-state index is -1.17. The summed E-state index contributed by atoms with van der Waals surface area (Å²) < 4.78 is 9.89. The number of unbranched alkanes of at least 4 members (excludes halogenated alkanes) is 1. The van der Waals surface area contributed by atoms with Gasteiger partial charge >= 0.3 is 17.9 Å². The van der Waals surface area contributed by atoms with Gasteiger partial charge in [-0.2, -0.15) is 0 Å². The molecular formula is C15H18O6. The number of carboxylic acid groups (broad SMARTS) is 1. The van der Waals surface area contributed by atoms with E-state index in [9.17, 15) is 14.4 Å². The molecule has 0 saturated heterocycles. The van der Waals surface area contributed by atoms with E-state index < -0.39 is 11.9 Å². The fraction of sp³-hybridized carbons (Fsp3) is 0.400. The maximum Gasteiger partial charge on any atom is 0.339 e. The molecular weight excluding hydrogens is 276 g/mol. The van der Waals surface area contributed by atoms with Gasteiger partial charge in [0.1, 0.15) is 0 Å². The van der Waals surface area contributed by atoms with Crippen LogP contribution in [0.4, 0.5) is 0 Å². The Morgan fingerprint density at radius 3 is 2.14 bits per heavy atom. The second-order valence-corrected chi connectivity index (χ2v) is 4.27. The largest absolute Gasteiger partial charge is 0.478 e. The zero-order valence-electron chi connectivity index (χ0n) is 11.8. The molecule has 1 aromatic carbocycles. The predicted octanol–water partition coefficient (Wildman–Crippen LogP) is 2.27. The molecule has 0 amide bonds. The van der Waals surface area contributed by atoms with Crippen LogP contribution in [0.25, 0.3) is 0 Å². The zero-order valence-corrected chi connectivity index (χ0v) is 11.8. The number of hydrogen-bond acceptors (Lipinski definition) is 5. The van der Waals surface area contributed by atoms with Crippen LogP contribution in [0.15, 0.2) is 24.3 Å². The number of ether oxygens (including phenoxy) is 2. The summed E-state index contributed by atoms with van der Waals surface area (Å²) in [5.74, 6) is -2.10. The van der Waals surface area contributed by atoms with Crippen molar-refractivity contribution in [2.75, 3.05) is 13.2 Å². The number of esters is 2. The van der Waals surface area contributed by atoms with Gasteiger partial charge in [-0.1, -0.05) is 19.1 Å². The maximum atomic E-state index is 11.8. The third-order valence-corrected chi connectivity index (χ3v) is 2.70. The Labute approximate surface area is 122 Å². The highest BCUT2D eigenvalue weighted by Crippen LogP contribution is 2.10. The molecule has 0 saturated carbocycles. The van der Waals surface area contributed by atoms with Gasteiger partial charge in [-0.05, 0) is 25.0 Å². The number of carbonyl (C=O) groups excluding carboxylic acids is 2. The molecule has 0 unspecified atom stereocenters. The first-order chi connectivity index (χ1) is 10.1. The normalized spacial score (nSPS) is 9.95. The van der Waals surface area contributed by atoms with E-state index in [1.807, 2.05) is 0 Å². The number of rotatable bonds is 8. The van der Waals surface area contributed by atoms with E-state index in [4.69, 9.17) is 14.6 Å². The minimum Gasteiger partial charge on any atom is -0.478 e. The van der Waals surface area contributed by atoms with E-state index in [1.54, 1.807) is 19.1 Å². The standard InChI is InChI=1S/C15H18O6/c1-2-13(16)20-9-5-6-10-21-15(19)12-8-4-3-7-11(12)14(17)18/h3-4,7-8H,2,5-6,9-10H2,1H3,(H,17,18). The average Bonchev–Trinajstić information content (AvgIpc) is 2.50. The molecule has 1 rings (SSSR count). The number of carbonyl (C=O) groups is 3. The van der Waals surface area contributed by atoms with Crippen LogP contribution in [0.3, 0.4) is 0 Å². The topological polar surface area (TPSA) is 89.9 Å². The predicted molar refractivity (Wildman–Crippen MR) is 74.2 cm³/mol. The molecule has 0 aliphatic rings. The second-order valence-electron chi connectivity index (χ2n) is 4.27. The lowest BCUT2D eigenvalue weighted by molar-refractivity contribution is -0.143. The highest BCUT2D eigenvalue weighted by molar-refractivity contribution is 6.02. The van der Waals surface area contributed by atoms with E-state index in [0.717, 1.165) is 0 Å². The third kappa shape index (κ3) is 5.64. The number of carboxylic acids is 1. The summed E-state index contributed by atoms with van der Waals surface area (Å²) in [5.41, 5.74) is -0.0539. The lowest BCUT2D eigenvalue weighted by Gasteiger charge is -2.07. The third-order valence-electron chi connectivity index (χ3n) is 2.70. The average molecular weight is 294 g/mol. The Balaban J connectivity index is 2.35. The van der Waals surface area contributed by atoms with E-state index in [2.05, 4.69) is 0 Å². The first-order valence-electron chi connectivity index (χ1n) is 6.71. The first kappa shape index (κ1) is 16.7. The first-order valence-corrected chi connectivity index (χ1v) is 6.71. The van der Waals surface area contributed by atoms with Crippen LogP contribution in [0.1, 0.15) is 46.9 Å². The van der Waals surface area contributed by atoms with Crippen LogP contribution in [-0.4, -0.2) is 36.2 Å². The SMILES string of the molecule is CCC(=O)OCCCCOC(=O)c1ccccc1C(=O)O. The summed E-state index contributed by atoms with van der Waals surface area (Å²) in [5, 5.41) is 8.98. The van der Waals surface area contributed by atoms with Crippen molar-refractivity contribution in [2.45, 2.75) is 26.2 Å². The van der Waals surface area contributed by atoms with Crippen LogP contribution in [0, 0.1) is 0 Å². The molecule has 114 valence electrons. The smallest absolute Gasteiger partial charge is 0.339 e. The van der Waals surface area contributed by atoms with Crippen molar-refractivity contribution >= 4 is 17.9 Å². The second kappa shape index (κ2) is 8.73. The van der Waals surface area contributed by atoms with Crippen LogP contribution in [-0.2, 0) is 14.3 Å². The fourth-order valence-electron chi connectivity index (χ4n) is 1.58. The van der Waals surface area contributed by atoms with Crippen LogP contribution < -0.4 is 0 Å². The van der Waals surface area contributed by atoms with Crippen LogP contribution in [0.5, 0.6) is 0 Å². The van der Waals surface area contributed by atoms with Crippen LogP contribution >= 0.6 is 0 Å². The van der Waals surface area contributed by atoms with Crippen molar-refractivity contribution < 1.29 is 29.0 Å². The molecule has 1 aromatic rings. The van der Waals surface area contributed by atoms with Crippen molar-refractivity contribution in [1.82, 2.24) is 0 Å². The van der Waals surface area contributed by atoms with Gasteiger partial charge in [-0.15, -0.1) is 0 Å². The Hall–Kier alpha value is -2.37. The monoisotopic (exact) mass is 294 g/mol. The number of benzene rings is 1. The lowest BCUT2D eigenvalue weighted by Crippen LogP contribution is -2.12. The molecule has 0 atom stereocenters.